The van der Waals surface area contributed by atoms with Gasteiger partial charge in [0.05, 0.1) is 0 Å². The van der Waals surface area contributed by atoms with E-state index in [-0.39, 0.29) is 24.4 Å². The maximum Gasteiger partial charge on any atom is 0.322 e. The highest BCUT2D eigenvalue weighted by atomic mass is 16.5. The maximum atomic E-state index is 11.5. The summed E-state index contributed by atoms with van der Waals surface area (Å²) >= 11 is 0. The molecule has 0 fully saturated rings. The number of carboxylic acids is 1. The van der Waals surface area contributed by atoms with E-state index in [9.17, 15) is 9.59 Å². The van der Waals surface area contributed by atoms with E-state index >= 15 is 0 Å². The van der Waals surface area contributed by atoms with E-state index in [4.69, 9.17) is 15.3 Å². The van der Waals surface area contributed by atoms with Gasteiger partial charge in [-0.3, -0.25) is 19.7 Å². The first-order valence-corrected chi connectivity index (χ1v) is 7.03. The summed E-state index contributed by atoms with van der Waals surface area (Å²) in [5.74, 6) is -0.563. The molecule has 1 aromatic carbocycles. The lowest BCUT2D eigenvalue weighted by Gasteiger charge is -2.13. The zero-order chi connectivity index (χ0) is 17.7. The molecule has 0 spiro atoms. The Labute approximate surface area is 137 Å². The number of hydrogen-bond donors (Lipinski definition) is 3. The van der Waals surface area contributed by atoms with Crippen LogP contribution < -0.4 is 10.1 Å². The molecule has 9 heteroatoms. The molecule has 1 aromatic heterocycles. The van der Waals surface area contributed by atoms with E-state index in [1.807, 2.05) is 0 Å². The van der Waals surface area contributed by atoms with Gasteiger partial charge in [-0.15, -0.1) is 0 Å². The van der Waals surface area contributed by atoms with Crippen molar-refractivity contribution >= 4 is 23.2 Å². The Hall–Kier alpha value is -3.23. The predicted octanol–water partition coefficient (Wildman–Crippen LogP) is 0.847. The number of ether oxygens (including phenoxy) is 1. The van der Waals surface area contributed by atoms with Gasteiger partial charge >= 0.3 is 5.97 Å². The quantitative estimate of drug-likeness (QED) is 0.611. The summed E-state index contributed by atoms with van der Waals surface area (Å²) < 4.78 is 7.12. The van der Waals surface area contributed by atoms with Crippen LogP contribution in [0, 0.1) is 5.41 Å². The third kappa shape index (κ3) is 4.38. The Morgan fingerprint density at radius 3 is 2.75 bits per heavy atom. The molecule has 0 amide bonds. The first-order valence-electron chi connectivity index (χ1n) is 7.03. The molecule has 3 N–H and O–H groups in total. The molecule has 0 unspecified atom stereocenters. The molecule has 126 valence electrons. The van der Waals surface area contributed by atoms with E-state index < -0.39 is 11.8 Å². The van der Waals surface area contributed by atoms with Crippen molar-refractivity contribution in [2.45, 2.75) is 13.5 Å². The van der Waals surface area contributed by atoms with Crippen LogP contribution in [0.15, 0.2) is 24.5 Å². The number of nitrogens with one attached hydrogen (secondary N) is 2. The Morgan fingerprint density at radius 2 is 2.17 bits per heavy atom. The minimum absolute atomic E-state index is 0.135. The van der Waals surface area contributed by atoms with Crippen LogP contribution in [0.5, 0.6) is 5.75 Å². The Bertz CT molecular complexity index is 784. The van der Waals surface area contributed by atoms with Gasteiger partial charge in [0.25, 0.3) is 0 Å². The fourth-order valence-electron chi connectivity index (χ4n) is 1.93. The number of carbonyl (C=O) groups excluding carboxylic acids is 1. The summed E-state index contributed by atoms with van der Waals surface area (Å²) in [5, 5.41) is 23.4. The number of hydrogen-bond acceptors (Lipinski definition) is 7. The summed E-state index contributed by atoms with van der Waals surface area (Å²) in [5.41, 5.74) is 0.417. The van der Waals surface area contributed by atoms with Crippen LogP contribution in [0.25, 0.3) is 0 Å². The van der Waals surface area contributed by atoms with Gasteiger partial charge in [0, 0.05) is 25.2 Å². The number of carboxylic acid groups (broad SMARTS) is 1. The lowest BCUT2D eigenvalue weighted by atomic mass is 10.0. The van der Waals surface area contributed by atoms with E-state index in [2.05, 4.69) is 15.4 Å². The molecule has 0 aliphatic heterocycles. The monoisotopic (exact) mass is 331 g/mol. The second kappa shape index (κ2) is 7.36. The van der Waals surface area contributed by atoms with Gasteiger partial charge < -0.3 is 15.2 Å². The molecule has 0 saturated heterocycles. The second-order valence-corrected chi connectivity index (χ2v) is 5.01. The zero-order valence-electron chi connectivity index (χ0n) is 13.2. The maximum absolute atomic E-state index is 11.5. The SMILES string of the molecule is CC(=O)C(=N)c1cc(OCc2ncn(C)n2)ccc1NCC(=O)O. The number of rotatable bonds is 8. The lowest BCUT2D eigenvalue weighted by molar-refractivity contribution is -0.134. The number of Topliss-reactive ketones (excluding diaryl/α,β-unsaturated/α-hetero) is 1. The summed E-state index contributed by atoms with van der Waals surface area (Å²) in [6.07, 6.45) is 1.55. The molecule has 24 heavy (non-hydrogen) atoms. The highest BCUT2D eigenvalue weighted by Gasteiger charge is 2.14. The van der Waals surface area contributed by atoms with E-state index in [1.165, 1.54) is 13.0 Å². The van der Waals surface area contributed by atoms with Crippen LogP contribution in [-0.4, -0.2) is 43.9 Å². The smallest absolute Gasteiger partial charge is 0.322 e. The van der Waals surface area contributed by atoms with Gasteiger partial charge in [0.2, 0.25) is 0 Å². The Balaban J connectivity index is 2.20. The second-order valence-electron chi connectivity index (χ2n) is 5.01. The van der Waals surface area contributed by atoms with Gasteiger partial charge in [-0.25, -0.2) is 4.98 Å². The van der Waals surface area contributed by atoms with Crippen LogP contribution >= 0.6 is 0 Å². The number of ketones is 1. The lowest BCUT2D eigenvalue weighted by Crippen LogP contribution is -2.17. The average molecular weight is 331 g/mol. The van der Waals surface area contributed by atoms with E-state index in [1.54, 1.807) is 30.2 Å². The van der Waals surface area contributed by atoms with Crippen LogP contribution in [0.3, 0.4) is 0 Å². The minimum Gasteiger partial charge on any atom is -0.486 e. The molecule has 0 saturated carbocycles. The number of carbonyl (C=O) groups is 2. The first kappa shape index (κ1) is 17.1. The number of aryl methyl sites for hydroxylation is 1. The third-order valence-corrected chi connectivity index (χ3v) is 3.06. The molecule has 0 aliphatic rings. The van der Waals surface area contributed by atoms with E-state index in [0.717, 1.165) is 0 Å². The topological polar surface area (TPSA) is 130 Å². The molecular formula is C15H17N5O4. The molecule has 9 nitrogen and oxygen atoms in total. The molecule has 0 aliphatic carbocycles. The normalized spacial score (nSPS) is 10.2. The first-order chi connectivity index (χ1) is 11.4. The molecule has 2 rings (SSSR count). The average Bonchev–Trinajstić information content (AvgIpc) is 2.95. The van der Waals surface area contributed by atoms with Crippen LogP contribution in [0.2, 0.25) is 0 Å². The van der Waals surface area contributed by atoms with Gasteiger partial charge in [0.1, 0.15) is 30.9 Å². The van der Waals surface area contributed by atoms with Crippen LogP contribution in [0.4, 0.5) is 5.69 Å². The number of anilines is 1. The molecular weight excluding hydrogens is 314 g/mol. The molecule has 0 radical (unpaired) electrons. The van der Waals surface area contributed by atoms with Gasteiger partial charge in [0.15, 0.2) is 11.6 Å². The van der Waals surface area contributed by atoms with Crippen molar-refractivity contribution < 1.29 is 19.4 Å². The Morgan fingerprint density at radius 1 is 1.42 bits per heavy atom. The fraction of sp³-hybridized carbons (Fsp3) is 0.267. The van der Waals surface area contributed by atoms with Crippen molar-refractivity contribution in [3.05, 3.63) is 35.9 Å². The Kier molecular flexibility index (Phi) is 5.25. The van der Waals surface area contributed by atoms with E-state index in [0.29, 0.717) is 17.3 Å². The number of aliphatic carboxylic acids is 1. The predicted molar refractivity (Wildman–Crippen MR) is 85.4 cm³/mol. The molecule has 0 bridgehead atoms. The highest BCUT2D eigenvalue weighted by Crippen LogP contribution is 2.23. The summed E-state index contributed by atoms with van der Waals surface area (Å²) in [4.78, 5) is 26.2. The van der Waals surface area contributed by atoms with Crippen molar-refractivity contribution in [3.8, 4) is 5.75 Å². The largest absolute Gasteiger partial charge is 0.486 e. The van der Waals surface area contributed by atoms with Gasteiger partial charge in [-0.2, -0.15) is 5.10 Å². The minimum atomic E-state index is -1.04. The van der Waals surface area contributed by atoms with Crippen molar-refractivity contribution in [2.75, 3.05) is 11.9 Å². The van der Waals surface area contributed by atoms with Gasteiger partial charge in [-0.05, 0) is 18.2 Å². The molecule has 1 heterocycles. The van der Waals surface area contributed by atoms with Crippen molar-refractivity contribution in [1.29, 1.82) is 5.41 Å². The highest BCUT2D eigenvalue weighted by molar-refractivity contribution is 6.45. The third-order valence-electron chi connectivity index (χ3n) is 3.06. The number of aromatic nitrogens is 3. The molecule has 2 aromatic rings. The van der Waals surface area contributed by atoms with Crippen molar-refractivity contribution in [2.24, 2.45) is 7.05 Å². The van der Waals surface area contributed by atoms with Crippen molar-refractivity contribution in [3.63, 3.8) is 0 Å². The number of benzene rings is 1. The number of nitrogens with zero attached hydrogens (tertiary/aromatic N) is 3. The molecule has 0 atom stereocenters. The summed E-state index contributed by atoms with van der Waals surface area (Å²) in [6.45, 7) is 1.08. The standard InChI is InChI=1S/C15H17N5O4/c1-9(21)15(16)11-5-10(3-4-12(11)17-6-14(22)23)24-7-13-18-8-20(2)19-13/h3-5,8,16-17H,6-7H2,1-2H3,(H,22,23). The zero-order valence-corrected chi connectivity index (χ0v) is 13.2. The van der Waals surface area contributed by atoms with Crippen LogP contribution in [0.1, 0.15) is 18.3 Å². The van der Waals surface area contributed by atoms with Gasteiger partial charge in [-0.1, -0.05) is 0 Å². The van der Waals surface area contributed by atoms with Crippen LogP contribution in [-0.2, 0) is 23.2 Å². The van der Waals surface area contributed by atoms with Crippen molar-refractivity contribution in [1.82, 2.24) is 14.8 Å². The fourth-order valence-corrected chi connectivity index (χ4v) is 1.93. The summed E-state index contributed by atoms with van der Waals surface area (Å²) in [6, 6.07) is 4.69. The summed E-state index contributed by atoms with van der Waals surface area (Å²) in [7, 11) is 1.74.